The number of hydrogen-bond donors (Lipinski definition) is 1. The number of benzene rings is 1. The number of carbonyl (C=O) groups is 1. The van der Waals surface area contributed by atoms with Crippen molar-refractivity contribution in [2.75, 3.05) is 13.2 Å². The Hall–Kier alpha value is -2.91. The van der Waals surface area contributed by atoms with Crippen LogP contribution < -0.4 is 0 Å². The van der Waals surface area contributed by atoms with E-state index in [9.17, 15) is 33.2 Å². The average molecular weight is 416 g/mol. The van der Waals surface area contributed by atoms with Crippen molar-refractivity contribution in [2.24, 2.45) is 4.99 Å². The van der Waals surface area contributed by atoms with Crippen LogP contribution in [0.5, 0.6) is 0 Å². The lowest BCUT2D eigenvalue weighted by Gasteiger charge is -2.11. The van der Waals surface area contributed by atoms with Crippen molar-refractivity contribution in [1.82, 2.24) is 0 Å². The molecule has 0 saturated heterocycles. The van der Waals surface area contributed by atoms with Crippen molar-refractivity contribution in [1.29, 1.82) is 0 Å². The molecule has 10 heteroatoms. The summed E-state index contributed by atoms with van der Waals surface area (Å²) in [4.78, 5) is 26.1. The fourth-order valence-electron chi connectivity index (χ4n) is 2.29. The minimum absolute atomic E-state index is 0.0176. The van der Waals surface area contributed by atoms with E-state index in [4.69, 9.17) is 4.74 Å². The lowest BCUT2D eigenvalue weighted by atomic mass is 10.0. The van der Waals surface area contributed by atoms with Gasteiger partial charge in [0.2, 0.25) is 5.82 Å². The van der Waals surface area contributed by atoms with Gasteiger partial charge in [-0.2, -0.15) is 4.39 Å². The molecule has 0 aliphatic carbocycles. The van der Waals surface area contributed by atoms with Crippen LogP contribution in [-0.4, -0.2) is 35.4 Å². The normalized spacial score (nSPS) is 12.2. The summed E-state index contributed by atoms with van der Waals surface area (Å²) in [6.45, 7) is 4.83. The number of nitrogens with zero attached hydrogens (tertiary/aromatic N) is 2. The molecule has 29 heavy (non-hydrogen) atoms. The topological polar surface area (TPSA) is 102 Å². The van der Waals surface area contributed by atoms with Crippen molar-refractivity contribution in [3.05, 3.63) is 44.3 Å². The van der Waals surface area contributed by atoms with Crippen molar-refractivity contribution in [2.45, 2.75) is 46.5 Å². The smallest absolute Gasteiger partial charge is 0.343 e. The van der Waals surface area contributed by atoms with Gasteiger partial charge < -0.3 is 9.84 Å². The summed E-state index contributed by atoms with van der Waals surface area (Å²) in [6.07, 6.45) is 3.52. The molecular formula is C19H23F3N2O5. The van der Waals surface area contributed by atoms with Gasteiger partial charge in [0.05, 0.1) is 11.5 Å². The SMILES string of the molecule is CCCCN=CC(C(=O)OCCCC)=C(O)c1c(F)c(C)c(F)c(F)c1[N+](=O)[O-]. The first-order valence-electron chi connectivity index (χ1n) is 9.10. The Morgan fingerprint density at radius 2 is 1.79 bits per heavy atom. The number of rotatable bonds is 10. The van der Waals surface area contributed by atoms with E-state index >= 15 is 0 Å². The van der Waals surface area contributed by atoms with Gasteiger partial charge >= 0.3 is 11.7 Å². The number of halogens is 3. The van der Waals surface area contributed by atoms with E-state index in [1.54, 1.807) is 0 Å². The highest BCUT2D eigenvalue weighted by molar-refractivity contribution is 6.15. The van der Waals surface area contributed by atoms with Gasteiger partial charge in [-0.3, -0.25) is 15.1 Å². The fraction of sp³-hybridized carbons (Fsp3) is 0.474. The zero-order valence-corrected chi connectivity index (χ0v) is 16.4. The van der Waals surface area contributed by atoms with Crippen molar-refractivity contribution < 1.29 is 32.7 Å². The highest BCUT2D eigenvalue weighted by Gasteiger charge is 2.35. The number of aliphatic hydroxyl groups is 1. The molecule has 0 bridgehead atoms. The van der Waals surface area contributed by atoms with Gasteiger partial charge in [-0.25, -0.2) is 13.6 Å². The fourth-order valence-corrected chi connectivity index (χ4v) is 2.29. The molecule has 0 heterocycles. The van der Waals surface area contributed by atoms with Crippen LogP contribution in [0.25, 0.3) is 5.76 Å². The Morgan fingerprint density at radius 1 is 1.17 bits per heavy atom. The molecule has 160 valence electrons. The molecule has 7 nitrogen and oxygen atoms in total. The average Bonchev–Trinajstić information content (AvgIpc) is 2.68. The van der Waals surface area contributed by atoms with Crippen LogP contribution >= 0.6 is 0 Å². The van der Waals surface area contributed by atoms with E-state index < -0.39 is 56.5 Å². The lowest BCUT2D eigenvalue weighted by Crippen LogP contribution is -2.15. The van der Waals surface area contributed by atoms with E-state index in [0.29, 0.717) is 19.3 Å². The van der Waals surface area contributed by atoms with E-state index in [0.717, 1.165) is 19.6 Å². The number of hydrogen-bond acceptors (Lipinski definition) is 6. The number of esters is 1. The molecular weight excluding hydrogens is 393 g/mol. The standard InChI is InChI=1S/C19H23F3N2O5/c1-4-6-8-23-10-12(19(26)29-9-7-5-2)18(25)13-14(20)11(3)15(21)16(22)17(13)24(27)28/h10,25H,4-9H2,1-3H3. The van der Waals surface area contributed by atoms with Crippen molar-refractivity contribution in [3.63, 3.8) is 0 Å². The number of ether oxygens (including phenoxy) is 1. The first kappa shape index (κ1) is 24.1. The third kappa shape index (κ3) is 5.78. The second-order valence-electron chi connectivity index (χ2n) is 6.19. The number of nitro benzene ring substituents is 1. The van der Waals surface area contributed by atoms with Crippen LogP contribution in [0.2, 0.25) is 0 Å². The minimum atomic E-state index is -1.95. The van der Waals surface area contributed by atoms with Gasteiger partial charge in [-0.15, -0.1) is 0 Å². The zero-order chi connectivity index (χ0) is 22.1. The second-order valence-corrected chi connectivity index (χ2v) is 6.19. The molecule has 1 aromatic carbocycles. The quantitative estimate of drug-likeness (QED) is 0.0862. The van der Waals surface area contributed by atoms with Gasteiger partial charge in [0, 0.05) is 18.3 Å². The molecule has 0 fully saturated rings. The van der Waals surface area contributed by atoms with Crippen LogP contribution in [0, 0.1) is 34.5 Å². The maximum atomic E-state index is 14.6. The predicted molar refractivity (Wildman–Crippen MR) is 101 cm³/mol. The summed E-state index contributed by atoms with van der Waals surface area (Å²) >= 11 is 0. The van der Waals surface area contributed by atoms with E-state index in [2.05, 4.69) is 4.99 Å². The summed E-state index contributed by atoms with van der Waals surface area (Å²) in [7, 11) is 0. The molecule has 0 amide bonds. The highest BCUT2D eigenvalue weighted by Crippen LogP contribution is 2.35. The predicted octanol–water partition coefficient (Wildman–Crippen LogP) is 4.80. The Labute approximate surface area is 166 Å². The molecule has 0 aromatic heterocycles. The van der Waals surface area contributed by atoms with E-state index in [1.165, 1.54) is 0 Å². The monoisotopic (exact) mass is 416 g/mol. The van der Waals surface area contributed by atoms with Crippen molar-refractivity contribution >= 4 is 23.6 Å². The molecule has 1 rings (SSSR count). The summed E-state index contributed by atoms with van der Waals surface area (Å²) in [5, 5.41) is 21.7. The van der Waals surface area contributed by atoms with Gasteiger partial charge in [-0.05, 0) is 19.8 Å². The van der Waals surface area contributed by atoms with Crippen molar-refractivity contribution in [3.8, 4) is 0 Å². The summed E-state index contributed by atoms with van der Waals surface area (Å²) < 4.78 is 47.4. The zero-order valence-electron chi connectivity index (χ0n) is 16.4. The number of carbonyl (C=O) groups excluding carboxylic acids is 1. The first-order chi connectivity index (χ1) is 13.7. The summed E-state index contributed by atoms with van der Waals surface area (Å²) in [5.41, 5.74) is -4.43. The highest BCUT2D eigenvalue weighted by atomic mass is 19.2. The third-order valence-electron chi connectivity index (χ3n) is 4.00. The van der Waals surface area contributed by atoms with Crippen LogP contribution in [-0.2, 0) is 9.53 Å². The Bertz CT molecular complexity index is 838. The van der Waals surface area contributed by atoms with Crippen LogP contribution in [0.3, 0.4) is 0 Å². The lowest BCUT2D eigenvalue weighted by molar-refractivity contribution is -0.388. The molecule has 0 aliphatic heterocycles. The third-order valence-corrected chi connectivity index (χ3v) is 4.00. The van der Waals surface area contributed by atoms with Crippen LogP contribution in [0.1, 0.15) is 50.7 Å². The molecule has 0 unspecified atom stereocenters. The molecule has 1 aromatic rings. The van der Waals surface area contributed by atoms with Crippen LogP contribution in [0.4, 0.5) is 18.9 Å². The Balaban J connectivity index is 3.66. The Kier molecular flexibility index (Phi) is 9.30. The van der Waals surface area contributed by atoms with E-state index in [-0.39, 0.29) is 13.2 Å². The van der Waals surface area contributed by atoms with Gasteiger partial charge in [0.25, 0.3) is 0 Å². The molecule has 0 saturated carbocycles. The maximum Gasteiger partial charge on any atom is 0.343 e. The number of nitro groups is 1. The van der Waals surface area contributed by atoms with Gasteiger partial charge in [0.15, 0.2) is 5.82 Å². The Morgan fingerprint density at radius 3 is 2.34 bits per heavy atom. The number of aliphatic hydroxyl groups excluding tert-OH is 1. The summed E-state index contributed by atoms with van der Waals surface area (Å²) in [5.74, 6) is -7.63. The molecule has 0 atom stereocenters. The molecule has 0 spiro atoms. The number of unbranched alkanes of at least 4 members (excludes halogenated alkanes) is 2. The molecule has 0 aliphatic rings. The summed E-state index contributed by atoms with van der Waals surface area (Å²) in [6, 6.07) is 0. The maximum absolute atomic E-state index is 14.6. The van der Waals surface area contributed by atoms with Gasteiger partial charge in [-0.1, -0.05) is 26.7 Å². The van der Waals surface area contributed by atoms with E-state index in [1.807, 2.05) is 13.8 Å². The van der Waals surface area contributed by atoms with Gasteiger partial charge in [0.1, 0.15) is 22.7 Å². The number of aliphatic imine (C=N–C) groups is 1. The minimum Gasteiger partial charge on any atom is -0.506 e. The molecule has 0 radical (unpaired) electrons. The van der Waals surface area contributed by atoms with Crippen LogP contribution in [0.15, 0.2) is 10.6 Å². The first-order valence-corrected chi connectivity index (χ1v) is 9.10. The second kappa shape index (κ2) is 11.2. The largest absolute Gasteiger partial charge is 0.506 e. The molecule has 1 N–H and O–H groups in total.